The van der Waals surface area contributed by atoms with E-state index in [1.165, 1.54) is 0 Å². The standard InChI is InChI=1S/C19H19N3O2/c20-10-18(14-3-1-13(12-23)2-4-14)19(24)22-17-6-5-16-11-21-8-7-15(16)9-17/h1-9,11,18,23H,10,12,20H2,(H,22,24)/t18-/m1/s1/i18D. The second-order valence-corrected chi connectivity index (χ2v) is 5.43. The van der Waals surface area contributed by atoms with E-state index >= 15 is 0 Å². The number of rotatable bonds is 5. The number of nitrogens with one attached hydrogen (secondary N) is 1. The number of aromatic nitrogens is 1. The number of carbonyl (C=O) groups is 1. The molecule has 0 aliphatic rings. The Morgan fingerprint density at radius 1 is 1.21 bits per heavy atom. The Kier molecular flexibility index (Phi) is 4.45. The monoisotopic (exact) mass is 322 g/mol. The first-order chi connectivity index (χ1) is 12.1. The first-order valence-corrected chi connectivity index (χ1v) is 7.62. The predicted octanol–water partition coefficient (Wildman–Crippen LogP) is 2.41. The number of carbonyl (C=O) groups excluding carboxylic acids is 1. The summed E-state index contributed by atoms with van der Waals surface area (Å²) in [5, 5.41) is 13.8. The van der Waals surface area contributed by atoms with Gasteiger partial charge in [-0.1, -0.05) is 30.3 Å². The quantitative estimate of drug-likeness (QED) is 0.673. The molecule has 24 heavy (non-hydrogen) atoms. The molecule has 1 amide bonds. The Bertz CT molecular complexity index is 899. The fourth-order valence-corrected chi connectivity index (χ4v) is 2.52. The van der Waals surface area contributed by atoms with Gasteiger partial charge in [0, 0.05) is 31.4 Å². The average Bonchev–Trinajstić information content (AvgIpc) is 2.67. The van der Waals surface area contributed by atoms with Gasteiger partial charge in [0.05, 0.1) is 12.5 Å². The van der Waals surface area contributed by atoms with E-state index < -0.39 is 11.8 Å². The van der Waals surface area contributed by atoms with Crippen molar-refractivity contribution >= 4 is 22.4 Å². The second kappa shape index (κ2) is 7.21. The van der Waals surface area contributed by atoms with Crippen LogP contribution in [0.2, 0.25) is 0 Å². The molecule has 5 nitrogen and oxygen atoms in total. The first kappa shape index (κ1) is 14.8. The van der Waals surface area contributed by atoms with E-state index in [9.17, 15) is 4.79 Å². The van der Waals surface area contributed by atoms with Gasteiger partial charge >= 0.3 is 0 Å². The summed E-state index contributed by atoms with van der Waals surface area (Å²) < 4.78 is 8.55. The molecule has 0 fully saturated rings. The number of nitrogens with two attached hydrogens (primary N) is 1. The minimum Gasteiger partial charge on any atom is -0.392 e. The zero-order valence-electron chi connectivity index (χ0n) is 14.1. The first-order valence-electron chi connectivity index (χ1n) is 8.12. The number of hydrogen-bond acceptors (Lipinski definition) is 4. The maximum absolute atomic E-state index is 12.7. The SMILES string of the molecule is [2H][C@](CN)(C(=O)Nc1ccc2cnccc2c1)c1ccc(CO)cc1. The van der Waals surface area contributed by atoms with Gasteiger partial charge in [-0.25, -0.2) is 0 Å². The molecule has 3 rings (SSSR count). The maximum Gasteiger partial charge on any atom is 0.233 e. The van der Waals surface area contributed by atoms with E-state index in [0.717, 1.165) is 10.8 Å². The molecule has 3 aromatic rings. The Labute approximate surface area is 141 Å². The number of nitrogens with zero attached hydrogens (tertiary/aromatic N) is 1. The van der Waals surface area contributed by atoms with Gasteiger partial charge in [0.1, 0.15) is 0 Å². The number of aliphatic hydroxyl groups excluding tert-OH is 1. The summed E-state index contributed by atoms with van der Waals surface area (Å²) in [6, 6.07) is 14.0. The highest BCUT2D eigenvalue weighted by molar-refractivity contribution is 5.98. The summed E-state index contributed by atoms with van der Waals surface area (Å²) in [5.41, 5.74) is 7.54. The van der Waals surface area contributed by atoms with Crippen molar-refractivity contribution in [2.75, 3.05) is 11.9 Å². The van der Waals surface area contributed by atoms with Crippen LogP contribution in [0.15, 0.2) is 60.9 Å². The van der Waals surface area contributed by atoms with Gasteiger partial charge in [-0.15, -0.1) is 0 Å². The molecule has 5 heteroatoms. The van der Waals surface area contributed by atoms with Crippen LogP contribution >= 0.6 is 0 Å². The summed E-state index contributed by atoms with van der Waals surface area (Å²) in [6.07, 6.45) is 3.43. The Morgan fingerprint density at radius 2 is 2.00 bits per heavy atom. The molecule has 0 bridgehead atoms. The molecule has 0 saturated heterocycles. The molecule has 0 aliphatic heterocycles. The van der Waals surface area contributed by atoms with Crippen molar-refractivity contribution in [1.29, 1.82) is 0 Å². The molecule has 1 atom stereocenters. The molecule has 0 spiro atoms. The van der Waals surface area contributed by atoms with Crippen LogP contribution in [-0.4, -0.2) is 22.5 Å². The van der Waals surface area contributed by atoms with E-state index in [1.807, 2.05) is 18.2 Å². The van der Waals surface area contributed by atoms with E-state index in [4.69, 9.17) is 12.2 Å². The van der Waals surface area contributed by atoms with Gasteiger partial charge in [-0.3, -0.25) is 9.78 Å². The van der Waals surface area contributed by atoms with E-state index in [-0.39, 0.29) is 13.2 Å². The summed E-state index contributed by atoms with van der Waals surface area (Å²) in [5.74, 6) is -2.11. The van der Waals surface area contributed by atoms with Crippen molar-refractivity contribution in [2.24, 2.45) is 5.73 Å². The molecule has 0 saturated carbocycles. The van der Waals surface area contributed by atoms with E-state index in [1.54, 1.807) is 42.7 Å². The number of benzene rings is 2. The number of amides is 1. The second-order valence-electron chi connectivity index (χ2n) is 5.43. The highest BCUT2D eigenvalue weighted by Crippen LogP contribution is 2.21. The Balaban J connectivity index is 1.87. The highest BCUT2D eigenvalue weighted by Gasteiger charge is 2.19. The van der Waals surface area contributed by atoms with Crippen molar-refractivity contribution in [3.8, 4) is 0 Å². The summed E-state index contributed by atoms with van der Waals surface area (Å²) in [7, 11) is 0. The van der Waals surface area contributed by atoms with Gasteiger partial charge in [-0.2, -0.15) is 0 Å². The Hall–Kier alpha value is -2.76. The smallest absolute Gasteiger partial charge is 0.233 e. The van der Waals surface area contributed by atoms with Crippen LogP contribution in [0.5, 0.6) is 0 Å². The molecule has 1 heterocycles. The van der Waals surface area contributed by atoms with Crippen molar-refractivity contribution < 1.29 is 11.3 Å². The molecule has 4 N–H and O–H groups in total. The minimum absolute atomic E-state index is 0.0912. The summed E-state index contributed by atoms with van der Waals surface area (Å²) in [4.78, 5) is 16.8. The van der Waals surface area contributed by atoms with Crippen LogP contribution in [-0.2, 0) is 11.4 Å². The molecule has 0 radical (unpaired) electrons. The van der Waals surface area contributed by atoms with Crippen molar-refractivity contribution in [2.45, 2.75) is 12.5 Å². The third-order valence-electron chi connectivity index (χ3n) is 3.86. The van der Waals surface area contributed by atoms with Crippen molar-refractivity contribution in [3.05, 3.63) is 72.1 Å². The number of fused-ring (bicyclic) bond motifs is 1. The number of pyridine rings is 1. The molecule has 2 aromatic carbocycles. The molecule has 122 valence electrons. The van der Waals surface area contributed by atoms with Crippen LogP contribution in [0.4, 0.5) is 5.69 Å². The fourth-order valence-electron chi connectivity index (χ4n) is 2.52. The Morgan fingerprint density at radius 3 is 2.71 bits per heavy atom. The van der Waals surface area contributed by atoms with Gasteiger partial charge in [-0.05, 0) is 34.7 Å². The zero-order chi connectivity index (χ0) is 17.9. The lowest BCUT2D eigenvalue weighted by Gasteiger charge is -2.16. The normalized spacial score (nSPS) is 14.0. The van der Waals surface area contributed by atoms with Crippen LogP contribution in [0.3, 0.4) is 0 Å². The molecule has 1 aromatic heterocycles. The predicted molar refractivity (Wildman–Crippen MR) is 94.5 cm³/mol. The number of aliphatic hydroxyl groups is 1. The van der Waals surface area contributed by atoms with Crippen molar-refractivity contribution in [1.82, 2.24) is 4.98 Å². The van der Waals surface area contributed by atoms with Gasteiger partial charge < -0.3 is 16.2 Å². The average molecular weight is 322 g/mol. The third-order valence-corrected chi connectivity index (χ3v) is 3.86. The van der Waals surface area contributed by atoms with E-state index in [0.29, 0.717) is 16.8 Å². The van der Waals surface area contributed by atoms with Gasteiger partial charge in [0.15, 0.2) is 0 Å². The van der Waals surface area contributed by atoms with Crippen LogP contribution in [0, 0.1) is 0 Å². The third kappa shape index (κ3) is 3.42. The van der Waals surface area contributed by atoms with Crippen LogP contribution in [0.25, 0.3) is 10.8 Å². The molecular formula is C19H19N3O2. The highest BCUT2D eigenvalue weighted by atomic mass is 16.3. The topological polar surface area (TPSA) is 88.2 Å². The minimum atomic E-state index is -1.61. The fraction of sp³-hybridized carbons (Fsp3) is 0.158. The van der Waals surface area contributed by atoms with E-state index in [2.05, 4.69) is 10.3 Å². The summed E-state index contributed by atoms with van der Waals surface area (Å²) in [6.45, 7) is -0.249. The molecule has 0 aliphatic carbocycles. The van der Waals surface area contributed by atoms with Crippen LogP contribution in [0.1, 0.15) is 18.4 Å². The maximum atomic E-state index is 12.7. The van der Waals surface area contributed by atoms with Gasteiger partial charge in [0.25, 0.3) is 0 Å². The lowest BCUT2D eigenvalue weighted by Crippen LogP contribution is -2.27. The molecule has 0 unspecified atom stereocenters. The number of hydrogen-bond donors (Lipinski definition) is 3. The molecular weight excluding hydrogens is 302 g/mol. The largest absolute Gasteiger partial charge is 0.392 e. The van der Waals surface area contributed by atoms with Gasteiger partial charge in [0.2, 0.25) is 5.91 Å². The lowest BCUT2D eigenvalue weighted by molar-refractivity contribution is -0.117. The van der Waals surface area contributed by atoms with Crippen molar-refractivity contribution in [3.63, 3.8) is 0 Å². The lowest BCUT2D eigenvalue weighted by atomic mass is 9.97. The van der Waals surface area contributed by atoms with Crippen LogP contribution < -0.4 is 11.1 Å². The number of anilines is 1. The zero-order valence-corrected chi connectivity index (χ0v) is 13.1. The summed E-state index contributed by atoms with van der Waals surface area (Å²) >= 11 is 0.